The van der Waals surface area contributed by atoms with Crippen LogP contribution in [-0.2, 0) is 0 Å². The van der Waals surface area contributed by atoms with Gasteiger partial charge in [0.05, 0.1) is 7.11 Å². The van der Waals surface area contributed by atoms with Crippen molar-refractivity contribution in [1.82, 2.24) is 0 Å². The molecule has 0 aromatic heterocycles. The molecule has 3 heteroatoms. The van der Waals surface area contributed by atoms with Gasteiger partial charge in [-0.3, -0.25) is 0 Å². The van der Waals surface area contributed by atoms with Gasteiger partial charge in [-0.25, -0.2) is 4.39 Å². The van der Waals surface area contributed by atoms with Crippen LogP contribution < -0.4 is 4.74 Å². The van der Waals surface area contributed by atoms with E-state index in [0.717, 1.165) is 25.7 Å². The lowest BCUT2D eigenvalue weighted by Crippen LogP contribution is -2.13. The van der Waals surface area contributed by atoms with E-state index >= 15 is 0 Å². The minimum Gasteiger partial charge on any atom is -0.494 e. The molecule has 18 heavy (non-hydrogen) atoms. The van der Waals surface area contributed by atoms with Crippen LogP contribution in [-0.4, -0.2) is 7.11 Å². The molecule has 1 aliphatic carbocycles. The lowest BCUT2D eigenvalue weighted by Gasteiger charge is -2.27. The van der Waals surface area contributed by atoms with Crippen molar-refractivity contribution in [3.63, 3.8) is 0 Å². The maximum absolute atomic E-state index is 13.9. The fourth-order valence-corrected chi connectivity index (χ4v) is 2.69. The summed E-state index contributed by atoms with van der Waals surface area (Å²) in [6, 6.07) is 3.16. The van der Waals surface area contributed by atoms with Crippen molar-refractivity contribution in [3.05, 3.63) is 42.0 Å². The van der Waals surface area contributed by atoms with E-state index in [1.807, 2.05) is 6.08 Å². The van der Waals surface area contributed by atoms with Crippen LogP contribution in [0.3, 0.4) is 0 Å². The second kappa shape index (κ2) is 5.51. The molecule has 0 N–H and O–H groups in total. The number of methoxy groups -OCH3 is 1. The minimum atomic E-state index is -0.874. The molecule has 1 saturated carbocycles. The minimum absolute atomic E-state index is 0.0315. The van der Waals surface area contributed by atoms with E-state index in [9.17, 15) is 8.78 Å². The Labute approximate surface area is 106 Å². The quantitative estimate of drug-likeness (QED) is 0.723. The van der Waals surface area contributed by atoms with E-state index in [4.69, 9.17) is 4.74 Å². The lowest BCUT2D eigenvalue weighted by molar-refractivity contribution is 0.350. The Morgan fingerprint density at radius 3 is 2.39 bits per heavy atom. The summed E-state index contributed by atoms with van der Waals surface area (Å²) < 4.78 is 32.4. The van der Waals surface area contributed by atoms with Gasteiger partial charge in [0, 0.05) is 0 Å². The van der Waals surface area contributed by atoms with E-state index in [1.54, 1.807) is 6.07 Å². The molecule has 1 aromatic carbocycles. The zero-order valence-corrected chi connectivity index (χ0v) is 10.6. The van der Waals surface area contributed by atoms with Crippen LogP contribution in [0.4, 0.5) is 8.78 Å². The zero-order valence-electron chi connectivity index (χ0n) is 10.6. The lowest BCUT2D eigenvalue weighted by atomic mass is 9.78. The van der Waals surface area contributed by atoms with Crippen LogP contribution in [0.5, 0.6) is 5.75 Å². The first-order chi connectivity index (χ1) is 8.67. The van der Waals surface area contributed by atoms with Crippen molar-refractivity contribution in [2.24, 2.45) is 5.92 Å². The summed E-state index contributed by atoms with van der Waals surface area (Å²) >= 11 is 0. The molecule has 1 aliphatic rings. The molecule has 1 aromatic rings. The maximum atomic E-state index is 13.9. The van der Waals surface area contributed by atoms with Gasteiger partial charge in [0.1, 0.15) is 0 Å². The summed E-state index contributed by atoms with van der Waals surface area (Å²) in [4.78, 5) is 0. The fourth-order valence-electron chi connectivity index (χ4n) is 2.69. The summed E-state index contributed by atoms with van der Waals surface area (Å²) in [6.45, 7) is 3.79. The van der Waals surface area contributed by atoms with Gasteiger partial charge in [0.25, 0.3) is 0 Å². The van der Waals surface area contributed by atoms with Crippen molar-refractivity contribution in [1.29, 1.82) is 0 Å². The number of benzene rings is 1. The molecule has 0 saturated heterocycles. The van der Waals surface area contributed by atoms with Gasteiger partial charge in [-0.15, -0.1) is 6.58 Å². The fraction of sp³-hybridized carbons (Fsp3) is 0.467. The van der Waals surface area contributed by atoms with E-state index in [-0.39, 0.29) is 11.7 Å². The van der Waals surface area contributed by atoms with Gasteiger partial charge in [-0.1, -0.05) is 12.1 Å². The number of hydrogen-bond acceptors (Lipinski definition) is 1. The molecule has 0 atom stereocenters. The number of halogens is 2. The first kappa shape index (κ1) is 13.1. The molecule has 0 amide bonds. The highest BCUT2D eigenvalue weighted by atomic mass is 19.2. The van der Waals surface area contributed by atoms with Crippen LogP contribution in [0.25, 0.3) is 0 Å². The Balaban J connectivity index is 2.19. The van der Waals surface area contributed by atoms with Crippen molar-refractivity contribution in [2.45, 2.75) is 31.6 Å². The maximum Gasteiger partial charge on any atom is 0.200 e. The molecule has 0 aliphatic heterocycles. The van der Waals surface area contributed by atoms with Crippen LogP contribution in [0, 0.1) is 17.6 Å². The third-order valence-electron chi connectivity index (χ3n) is 3.84. The van der Waals surface area contributed by atoms with Gasteiger partial charge in [-0.05, 0) is 49.1 Å². The first-order valence-electron chi connectivity index (χ1n) is 6.31. The highest BCUT2D eigenvalue weighted by Crippen LogP contribution is 2.38. The Bertz CT molecular complexity index is 434. The molecule has 98 valence electrons. The van der Waals surface area contributed by atoms with Gasteiger partial charge in [0.2, 0.25) is 5.82 Å². The van der Waals surface area contributed by atoms with Crippen molar-refractivity contribution in [2.75, 3.05) is 7.11 Å². The molecule has 0 bridgehead atoms. The third kappa shape index (κ3) is 2.40. The predicted molar refractivity (Wildman–Crippen MR) is 67.8 cm³/mol. The average molecular weight is 252 g/mol. The summed E-state index contributed by atoms with van der Waals surface area (Å²) in [5.74, 6) is -1.03. The molecular formula is C15H18F2O. The van der Waals surface area contributed by atoms with Gasteiger partial charge < -0.3 is 4.74 Å². The first-order valence-corrected chi connectivity index (χ1v) is 6.31. The third-order valence-corrected chi connectivity index (χ3v) is 3.84. The second-order valence-corrected chi connectivity index (χ2v) is 4.83. The summed E-state index contributed by atoms with van der Waals surface area (Å²) in [6.07, 6.45) is 5.74. The Morgan fingerprint density at radius 2 is 1.83 bits per heavy atom. The topological polar surface area (TPSA) is 9.23 Å². The van der Waals surface area contributed by atoms with Crippen LogP contribution in [0.15, 0.2) is 24.8 Å². The smallest absolute Gasteiger partial charge is 0.200 e. The number of hydrogen-bond donors (Lipinski definition) is 0. The largest absolute Gasteiger partial charge is 0.494 e. The molecule has 2 rings (SSSR count). The van der Waals surface area contributed by atoms with Gasteiger partial charge in [-0.2, -0.15) is 4.39 Å². The molecular weight excluding hydrogens is 234 g/mol. The van der Waals surface area contributed by atoms with Crippen LogP contribution in [0.2, 0.25) is 0 Å². The Kier molecular flexibility index (Phi) is 4.00. The van der Waals surface area contributed by atoms with Crippen LogP contribution >= 0.6 is 0 Å². The Hall–Kier alpha value is -1.38. The van der Waals surface area contributed by atoms with Gasteiger partial charge in [0.15, 0.2) is 11.6 Å². The van der Waals surface area contributed by atoms with Gasteiger partial charge >= 0.3 is 0 Å². The van der Waals surface area contributed by atoms with Crippen LogP contribution in [0.1, 0.15) is 37.2 Å². The van der Waals surface area contributed by atoms with Crippen molar-refractivity contribution < 1.29 is 13.5 Å². The monoisotopic (exact) mass is 252 g/mol. The molecule has 0 spiro atoms. The van der Waals surface area contributed by atoms with E-state index in [1.165, 1.54) is 13.2 Å². The van der Waals surface area contributed by atoms with Crippen molar-refractivity contribution in [3.8, 4) is 5.75 Å². The SMILES string of the molecule is C=CC1CCC(c2ccc(OC)c(F)c2F)CC1. The number of ether oxygens (including phenoxy) is 1. The van der Waals surface area contributed by atoms with E-state index in [2.05, 4.69) is 6.58 Å². The normalized spacial score (nSPS) is 23.7. The molecule has 1 nitrogen and oxygen atoms in total. The van der Waals surface area contributed by atoms with E-state index < -0.39 is 11.6 Å². The number of allylic oxidation sites excluding steroid dienone is 1. The van der Waals surface area contributed by atoms with E-state index in [0.29, 0.717) is 11.5 Å². The second-order valence-electron chi connectivity index (χ2n) is 4.83. The number of rotatable bonds is 3. The Morgan fingerprint density at radius 1 is 1.17 bits per heavy atom. The highest BCUT2D eigenvalue weighted by molar-refractivity contribution is 5.33. The predicted octanol–water partition coefficient (Wildman–Crippen LogP) is 4.43. The average Bonchev–Trinajstić information content (AvgIpc) is 2.42. The zero-order chi connectivity index (χ0) is 13.1. The molecule has 1 fully saturated rings. The highest BCUT2D eigenvalue weighted by Gasteiger charge is 2.25. The standard InChI is InChI=1S/C15H18F2O/c1-3-10-4-6-11(7-5-10)12-8-9-13(18-2)15(17)14(12)16/h3,8-11H,1,4-7H2,2H3. The summed E-state index contributed by atoms with van der Waals surface area (Å²) in [7, 11) is 1.34. The molecule has 0 heterocycles. The summed E-state index contributed by atoms with van der Waals surface area (Å²) in [5, 5.41) is 0. The molecule has 0 radical (unpaired) electrons. The molecule has 0 unspecified atom stereocenters. The summed E-state index contributed by atoms with van der Waals surface area (Å²) in [5.41, 5.74) is 0.482. The van der Waals surface area contributed by atoms with Crippen molar-refractivity contribution >= 4 is 0 Å².